The summed E-state index contributed by atoms with van der Waals surface area (Å²) in [5.74, 6) is 0.491. The van der Waals surface area contributed by atoms with Gasteiger partial charge in [0.15, 0.2) is 11.3 Å². The van der Waals surface area contributed by atoms with Gasteiger partial charge in [0.25, 0.3) is 5.91 Å². The molecular formula is C17H22N4O2. The van der Waals surface area contributed by atoms with Crippen molar-refractivity contribution in [1.82, 2.24) is 19.5 Å². The molecule has 0 radical (unpaired) electrons. The van der Waals surface area contributed by atoms with E-state index in [0.29, 0.717) is 17.3 Å². The fourth-order valence-corrected chi connectivity index (χ4v) is 4.86. The normalized spacial score (nSPS) is 28.7. The second kappa shape index (κ2) is 4.77. The zero-order chi connectivity index (χ0) is 16.2. The molecule has 0 bridgehead atoms. The van der Waals surface area contributed by atoms with Crippen molar-refractivity contribution in [3.05, 3.63) is 30.2 Å². The molecule has 1 saturated carbocycles. The number of rotatable bonds is 3. The average molecular weight is 314 g/mol. The fourth-order valence-electron chi connectivity index (χ4n) is 4.86. The van der Waals surface area contributed by atoms with E-state index in [2.05, 4.69) is 23.9 Å². The highest BCUT2D eigenvalue weighted by Crippen LogP contribution is 2.62. The quantitative estimate of drug-likeness (QED) is 0.868. The van der Waals surface area contributed by atoms with Gasteiger partial charge in [-0.1, -0.05) is 13.8 Å². The van der Waals surface area contributed by atoms with E-state index in [1.165, 1.54) is 0 Å². The van der Waals surface area contributed by atoms with Crippen LogP contribution in [0.3, 0.4) is 0 Å². The summed E-state index contributed by atoms with van der Waals surface area (Å²) in [6.07, 6.45) is 4.62. The number of amides is 1. The Kier molecular flexibility index (Phi) is 3.04. The molecule has 2 aliphatic rings. The van der Waals surface area contributed by atoms with E-state index in [1.54, 1.807) is 30.0 Å². The molecule has 1 aliphatic carbocycles. The summed E-state index contributed by atoms with van der Waals surface area (Å²) in [5, 5.41) is 4.36. The molecule has 2 aromatic heterocycles. The average Bonchev–Trinajstić information content (AvgIpc) is 3.06. The molecule has 3 heterocycles. The van der Waals surface area contributed by atoms with Gasteiger partial charge in [-0.05, 0) is 23.8 Å². The van der Waals surface area contributed by atoms with Gasteiger partial charge < -0.3 is 9.64 Å². The second-order valence-electron chi connectivity index (χ2n) is 7.65. The van der Waals surface area contributed by atoms with Gasteiger partial charge in [0, 0.05) is 44.1 Å². The number of methoxy groups -OCH3 is 1. The topological polar surface area (TPSA) is 59.7 Å². The molecule has 122 valence electrons. The van der Waals surface area contributed by atoms with Crippen molar-refractivity contribution in [2.24, 2.45) is 16.7 Å². The van der Waals surface area contributed by atoms with Crippen LogP contribution in [-0.4, -0.2) is 52.2 Å². The van der Waals surface area contributed by atoms with E-state index in [1.807, 2.05) is 11.1 Å². The number of aromatic nitrogens is 3. The van der Waals surface area contributed by atoms with Gasteiger partial charge in [-0.3, -0.25) is 4.79 Å². The lowest BCUT2D eigenvalue weighted by atomic mass is 9.48. The second-order valence-corrected chi connectivity index (χ2v) is 7.65. The van der Waals surface area contributed by atoms with Gasteiger partial charge in [0.2, 0.25) is 0 Å². The molecule has 4 rings (SSSR count). The Labute approximate surface area is 135 Å². The Morgan fingerprint density at radius 1 is 1.48 bits per heavy atom. The largest absolute Gasteiger partial charge is 0.384 e. The summed E-state index contributed by atoms with van der Waals surface area (Å²) in [6.45, 7) is 6.84. The molecule has 1 aliphatic heterocycles. The third kappa shape index (κ3) is 2.08. The van der Waals surface area contributed by atoms with Gasteiger partial charge in [-0.2, -0.15) is 5.10 Å². The lowest BCUT2D eigenvalue weighted by Gasteiger charge is -2.56. The first-order valence-corrected chi connectivity index (χ1v) is 8.04. The van der Waals surface area contributed by atoms with Gasteiger partial charge in [-0.15, -0.1) is 0 Å². The standard InChI is InChI=1S/C17H22N4O2/c1-16(2)9-17(11-23-3)10-20(8-13(16)17)15(22)12-7-14-18-5-4-6-21(14)19-12/h4-7,13H,8-11H2,1-3H3/t13-,17-/m1/s1. The molecule has 2 aromatic rings. The molecule has 6 nitrogen and oxygen atoms in total. The van der Waals surface area contributed by atoms with E-state index >= 15 is 0 Å². The third-order valence-corrected chi connectivity index (χ3v) is 5.57. The number of ether oxygens (including phenoxy) is 1. The maximum absolute atomic E-state index is 12.9. The smallest absolute Gasteiger partial charge is 0.274 e. The maximum atomic E-state index is 12.9. The SMILES string of the molecule is COC[C@@]12CN(C(=O)c3cc4ncccn4n3)C[C@@H]1C(C)(C)C2. The van der Waals surface area contributed by atoms with Crippen LogP contribution >= 0.6 is 0 Å². The minimum atomic E-state index is -0.00354. The highest BCUT2D eigenvalue weighted by molar-refractivity contribution is 5.93. The van der Waals surface area contributed by atoms with Crippen LogP contribution < -0.4 is 0 Å². The number of hydrogen-bond acceptors (Lipinski definition) is 4. The minimum Gasteiger partial charge on any atom is -0.384 e. The lowest BCUT2D eigenvalue weighted by Crippen LogP contribution is -2.55. The fraction of sp³-hybridized carbons (Fsp3) is 0.588. The Morgan fingerprint density at radius 2 is 2.30 bits per heavy atom. The van der Waals surface area contributed by atoms with Crippen LogP contribution in [0.1, 0.15) is 30.8 Å². The molecule has 2 fully saturated rings. The summed E-state index contributed by atoms with van der Waals surface area (Å²) in [6, 6.07) is 3.57. The van der Waals surface area contributed by atoms with Crippen LogP contribution in [0, 0.1) is 16.7 Å². The molecule has 0 unspecified atom stereocenters. The zero-order valence-corrected chi connectivity index (χ0v) is 13.8. The van der Waals surface area contributed by atoms with Crippen molar-refractivity contribution in [3.8, 4) is 0 Å². The molecule has 0 aromatic carbocycles. The number of hydrogen-bond donors (Lipinski definition) is 0. The first kappa shape index (κ1) is 14.6. The Balaban J connectivity index is 1.60. The van der Waals surface area contributed by atoms with Crippen molar-refractivity contribution >= 4 is 11.6 Å². The summed E-state index contributed by atoms with van der Waals surface area (Å²) in [4.78, 5) is 19.0. The van der Waals surface area contributed by atoms with Gasteiger partial charge in [0.05, 0.1) is 6.61 Å². The van der Waals surface area contributed by atoms with E-state index < -0.39 is 0 Å². The third-order valence-electron chi connectivity index (χ3n) is 5.57. The van der Waals surface area contributed by atoms with Crippen LogP contribution in [0.25, 0.3) is 5.65 Å². The van der Waals surface area contributed by atoms with Crippen molar-refractivity contribution < 1.29 is 9.53 Å². The molecular weight excluding hydrogens is 292 g/mol. The van der Waals surface area contributed by atoms with E-state index in [-0.39, 0.29) is 16.7 Å². The van der Waals surface area contributed by atoms with E-state index in [0.717, 1.165) is 26.1 Å². The zero-order valence-electron chi connectivity index (χ0n) is 13.8. The monoisotopic (exact) mass is 314 g/mol. The van der Waals surface area contributed by atoms with Gasteiger partial charge in [-0.25, -0.2) is 9.50 Å². The van der Waals surface area contributed by atoms with Gasteiger partial charge in [0.1, 0.15) is 0 Å². The number of carbonyl (C=O) groups excluding carboxylic acids is 1. The summed E-state index contributed by atoms with van der Waals surface area (Å²) >= 11 is 0. The van der Waals surface area contributed by atoms with Crippen LogP contribution in [0.2, 0.25) is 0 Å². The number of carbonyl (C=O) groups is 1. The molecule has 2 atom stereocenters. The highest BCUT2D eigenvalue weighted by atomic mass is 16.5. The Bertz CT molecular complexity index is 736. The van der Waals surface area contributed by atoms with E-state index in [4.69, 9.17) is 4.74 Å². The Hall–Kier alpha value is -1.95. The van der Waals surface area contributed by atoms with Crippen LogP contribution in [0.15, 0.2) is 24.5 Å². The summed E-state index contributed by atoms with van der Waals surface area (Å²) in [7, 11) is 1.75. The molecule has 6 heteroatoms. The first-order chi connectivity index (χ1) is 11.0. The Morgan fingerprint density at radius 3 is 3.00 bits per heavy atom. The van der Waals surface area contributed by atoms with Crippen molar-refractivity contribution in [1.29, 1.82) is 0 Å². The molecule has 1 amide bonds. The summed E-state index contributed by atoms with van der Waals surface area (Å²) in [5.41, 5.74) is 1.56. The van der Waals surface area contributed by atoms with Crippen molar-refractivity contribution in [2.75, 3.05) is 26.8 Å². The highest BCUT2D eigenvalue weighted by Gasteiger charge is 2.63. The predicted octanol–water partition coefficient (Wildman–Crippen LogP) is 1.86. The van der Waals surface area contributed by atoms with Gasteiger partial charge >= 0.3 is 0 Å². The van der Waals surface area contributed by atoms with Crippen molar-refractivity contribution in [3.63, 3.8) is 0 Å². The molecule has 0 spiro atoms. The van der Waals surface area contributed by atoms with Crippen molar-refractivity contribution in [2.45, 2.75) is 20.3 Å². The predicted molar refractivity (Wildman–Crippen MR) is 85.1 cm³/mol. The first-order valence-electron chi connectivity index (χ1n) is 8.04. The number of fused-ring (bicyclic) bond motifs is 2. The molecule has 0 N–H and O–H groups in total. The number of likely N-dealkylation sites (tertiary alicyclic amines) is 1. The minimum absolute atomic E-state index is 0.00354. The molecule has 23 heavy (non-hydrogen) atoms. The van der Waals surface area contributed by atoms with E-state index in [9.17, 15) is 4.79 Å². The lowest BCUT2D eigenvalue weighted by molar-refractivity contribution is -0.107. The van der Waals surface area contributed by atoms with Crippen LogP contribution in [0.4, 0.5) is 0 Å². The summed E-state index contributed by atoms with van der Waals surface area (Å²) < 4.78 is 7.10. The number of nitrogens with zero attached hydrogens (tertiary/aromatic N) is 4. The van der Waals surface area contributed by atoms with Crippen LogP contribution in [0.5, 0.6) is 0 Å². The maximum Gasteiger partial charge on any atom is 0.274 e. The molecule has 1 saturated heterocycles. The van der Waals surface area contributed by atoms with Crippen LogP contribution in [-0.2, 0) is 4.74 Å².